The molecule has 1 aromatic rings. The fourth-order valence-electron chi connectivity index (χ4n) is 11.3. The standard InChI is InChI=1S/C37H53NO3/c1-32(2)28-15-18-37(7)29(35(28,5)17-16-30(32)38-41-24-25-11-9-8-10-12-25)14-13-26-27-23-34(4,31(39)40)20-19-33(27,3)21-22-36(26,37)6/h8-13,27-29H,14-24H2,1-7H3,(H,39,40)/t27-,28-,29+,33+,34+,35-,36+,37+/m0/s1. The van der Waals surface area contributed by atoms with Gasteiger partial charge in [0.05, 0.1) is 11.1 Å². The van der Waals surface area contributed by atoms with Crippen LogP contribution in [0.15, 0.2) is 47.1 Å². The molecule has 0 saturated heterocycles. The SMILES string of the molecule is CC1(C)C(=NOCc2ccccc2)CC[C@]2(C)[C@H]3CC=C4[C@@H]5C[C@](C)(C(=O)O)CC[C@]5(C)CC[C@@]4(C)[C@]3(C)CC[C@@H]12. The third kappa shape index (κ3) is 4.12. The number of hydrogen-bond acceptors (Lipinski definition) is 3. The summed E-state index contributed by atoms with van der Waals surface area (Å²) in [6.45, 7) is 17.7. The summed E-state index contributed by atoms with van der Waals surface area (Å²) in [6, 6.07) is 10.3. The van der Waals surface area contributed by atoms with E-state index >= 15 is 0 Å². The topological polar surface area (TPSA) is 58.9 Å². The molecular formula is C37H53NO3. The molecule has 1 N–H and O–H groups in total. The van der Waals surface area contributed by atoms with E-state index in [9.17, 15) is 9.90 Å². The van der Waals surface area contributed by atoms with Crippen LogP contribution in [0.4, 0.5) is 0 Å². The number of nitrogens with zero attached hydrogens (tertiary/aromatic N) is 1. The zero-order valence-corrected chi connectivity index (χ0v) is 26.7. The summed E-state index contributed by atoms with van der Waals surface area (Å²) >= 11 is 0. The average Bonchev–Trinajstić information content (AvgIpc) is 2.92. The average molecular weight is 560 g/mol. The summed E-state index contributed by atoms with van der Waals surface area (Å²) in [7, 11) is 0. The van der Waals surface area contributed by atoms with E-state index < -0.39 is 11.4 Å². The minimum atomic E-state index is -0.602. The molecule has 0 heterocycles. The number of hydrogen-bond donors (Lipinski definition) is 1. The molecule has 4 saturated carbocycles. The van der Waals surface area contributed by atoms with Gasteiger partial charge in [-0.15, -0.1) is 0 Å². The first kappa shape index (κ1) is 29.0. The Morgan fingerprint density at radius 1 is 0.927 bits per heavy atom. The Morgan fingerprint density at radius 2 is 1.63 bits per heavy atom. The largest absolute Gasteiger partial charge is 0.481 e. The van der Waals surface area contributed by atoms with Crippen LogP contribution in [0.2, 0.25) is 0 Å². The molecule has 0 bridgehead atoms. The van der Waals surface area contributed by atoms with E-state index in [1.807, 2.05) is 13.0 Å². The van der Waals surface area contributed by atoms with Crippen LogP contribution in [-0.2, 0) is 16.2 Å². The maximum absolute atomic E-state index is 12.4. The number of rotatable bonds is 4. The van der Waals surface area contributed by atoms with Crippen LogP contribution >= 0.6 is 0 Å². The van der Waals surface area contributed by atoms with Crippen molar-refractivity contribution in [3.05, 3.63) is 47.5 Å². The second kappa shape index (κ2) is 9.45. The molecule has 5 aliphatic rings. The minimum Gasteiger partial charge on any atom is -0.481 e. The van der Waals surface area contributed by atoms with E-state index in [1.54, 1.807) is 5.57 Å². The fraction of sp³-hybridized carbons (Fsp3) is 0.730. The third-order valence-electron chi connectivity index (χ3n) is 14.4. The van der Waals surface area contributed by atoms with Crippen LogP contribution < -0.4 is 0 Å². The first-order valence-electron chi connectivity index (χ1n) is 16.4. The Hall–Kier alpha value is -2.10. The van der Waals surface area contributed by atoms with Gasteiger partial charge in [-0.1, -0.05) is 88.7 Å². The summed E-state index contributed by atoms with van der Waals surface area (Å²) < 4.78 is 0. The first-order chi connectivity index (χ1) is 19.2. The molecule has 0 radical (unpaired) electrons. The van der Waals surface area contributed by atoms with Gasteiger partial charge in [-0.05, 0) is 116 Å². The summed E-state index contributed by atoms with van der Waals surface area (Å²) in [5, 5.41) is 15.0. The molecule has 6 rings (SSSR count). The highest BCUT2D eigenvalue weighted by Gasteiger charge is 2.68. The fourth-order valence-corrected chi connectivity index (χ4v) is 11.3. The molecule has 5 aliphatic carbocycles. The molecule has 41 heavy (non-hydrogen) atoms. The number of allylic oxidation sites excluding steroid dienone is 2. The van der Waals surface area contributed by atoms with Crippen molar-refractivity contribution in [3.8, 4) is 0 Å². The molecule has 0 aromatic heterocycles. The van der Waals surface area contributed by atoms with Gasteiger partial charge in [0.2, 0.25) is 0 Å². The quantitative estimate of drug-likeness (QED) is 0.295. The smallest absolute Gasteiger partial charge is 0.309 e. The highest BCUT2D eigenvalue weighted by atomic mass is 16.6. The first-order valence-corrected chi connectivity index (χ1v) is 16.4. The van der Waals surface area contributed by atoms with Gasteiger partial charge in [-0.2, -0.15) is 0 Å². The van der Waals surface area contributed by atoms with Crippen molar-refractivity contribution in [2.45, 2.75) is 119 Å². The van der Waals surface area contributed by atoms with Crippen molar-refractivity contribution in [2.75, 3.05) is 0 Å². The summed E-state index contributed by atoms with van der Waals surface area (Å²) in [4.78, 5) is 18.3. The molecule has 0 aliphatic heterocycles. The normalized spacial score (nSPS) is 45.9. The molecule has 224 valence electrons. The van der Waals surface area contributed by atoms with Crippen LogP contribution in [0.25, 0.3) is 0 Å². The highest BCUT2D eigenvalue weighted by Crippen LogP contribution is 2.75. The Kier molecular flexibility index (Phi) is 6.68. The summed E-state index contributed by atoms with van der Waals surface area (Å²) in [5.74, 6) is 1.00. The van der Waals surface area contributed by atoms with Crippen LogP contribution in [0.5, 0.6) is 0 Å². The molecule has 4 nitrogen and oxygen atoms in total. The lowest BCUT2D eigenvalue weighted by atomic mass is 9.33. The monoisotopic (exact) mass is 559 g/mol. The number of carbonyl (C=O) groups is 1. The number of carboxylic acids is 1. The number of oxime groups is 1. The second-order valence-electron chi connectivity index (χ2n) is 16.6. The Morgan fingerprint density at radius 3 is 2.34 bits per heavy atom. The van der Waals surface area contributed by atoms with E-state index in [0.29, 0.717) is 24.4 Å². The van der Waals surface area contributed by atoms with E-state index in [-0.39, 0.29) is 27.1 Å². The van der Waals surface area contributed by atoms with E-state index in [1.165, 1.54) is 37.8 Å². The zero-order valence-electron chi connectivity index (χ0n) is 26.7. The maximum atomic E-state index is 12.4. The lowest BCUT2D eigenvalue weighted by molar-refractivity contribution is -0.169. The third-order valence-corrected chi connectivity index (χ3v) is 14.4. The molecule has 8 atom stereocenters. The molecule has 4 fully saturated rings. The highest BCUT2D eigenvalue weighted by molar-refractivity contribution is 5.90. The Bertz CT molecular complexity index is 1270. The maximum Gasteiger partial charge on any atom is 0.309 e. The number of benzene rings is 1. The van der Waals surface area contributed by atoms with Gasteiger partial charge in [-0.3, -0.25) is 4.79 Å². The molecule has 0 unspecified atom stereocenters. The molecule has 4 heteroatoms. The predicted octanol–water partition coefficient (Wildman–Crippen LogP) is 9.45. The van der Waals surface area contributed by atoms with Crippen LogP contribution in [0.1, 0.15) is 118 Å². The lowest BCUT2D eigenvalue weighted by Gasteiger charge is -2.71. The van der Waals surface area contributed by atoms with Crippen LogP contribution in [0.3, 0.4) is 0 Å². The number of aliphatic carboxylic acids is 1. The van der Waals surface area contributed by atoms with Gasteiger partial charge in [0.25, 0.3) is 0 Å². The molecular weight excluding hydrogens is 506 g/mol. The van der Waals surface area contributed by atoms with Gasteiger partial charge in [0, 0.05) is 5.41 Å². The summed E-state index contributed by atoms with van der Waals surface area (Å²) in [5.41, 5.74) is 4.30. The van der Waals surface area contributed by atoms with E-state index in [0.717, 1.165) is 37.7 Å². The van der Waals surface area contributed by atoms with Gasteiger partial charge >= 0.3 is 5.97 Å². The van der Waals surface area contributed by atoms with Crippen molar-refractivity contribution >= 4 is 11.7 Å². The van der Waals surface area contributed by atoms with Gasteiger partial charge < -0.3 is 9.94 Å². The zero-order chi connectivity index (χ0) is 29.5. The van der Waals surface area contributed by atoms with Crippen LogP contribution in [-0.4, -0.2) is 16.8 Å². The van der Waals surface area contributed by atoms with Crippen molar-refractivity contribution in [1.82, 2.24) is 0 Å². The molecule has 1 aromatic carbocycles. The predicted molar refractivity (Wildman–Crippen MR) is 165 cm³/mol. The number of fused-ring (bicyclic) bond motifs is 7. The summed E-state index contributed by atoms with van der Waals surface area (Å²) in [6.07, 6.45) is 13.6. The minimum absolute atomic E-state index is 0.00766. The number of carboxylic acid groups (broad SMARTS) is 1. The van der Waals surface area contributed by atoms with Crippen molar-refractivity contribution in [1.29, 1.82) is 0 Å². The van der Waals surface area contributed by atoms with Crippen LogP contribution in [0, 0.1) is 50.2 Å². The van der Waals surface area contributed by atoms with Crippen molar-refractivity contribution in [2.24, 2.45) is 55.4 Å². The molecule has 0 amide bonds. The van der Waals surface area contributed by atoms with Crippen molar-refractivity contribution in [3.63, 3.8) is 0 Å². The van der Waals surface area contributed by atoms with Crippen molar-refractivity contribution < 1.29 is 14.7 Å². The van der Waals surface area contributed by atoms with E-state index in [2.05, 4.69) is 71.9 Å². The molecule has 0 spiro atoms. The van der Waals surface area contributed by atoms with Gasteiger partial charge in [-0.25, -0.2) is 0 Å². The van der Waals surface area contributed by atoms with Gasteiger partial charge in [0.1, 0.15) is 6.61 Å². The Balaban J connectivity index is 1.29. The lowest BCUT2D eigenvalue weighted by Crippen LogP contribution is -2.64. The Labute approximate surface area is 248 Å². The second-order valence-corrected chi connectivity index (χ2v) is 16.6. The van der Waals surface area contributed by atoms with E-state index in [4.69, 9.17) is 9.99 Å². The van der Waals surface area contributed by atoms with Gasteiger partial charge in [0.15, 0.2) is 0 Å².